The molecule has 0 rings (SSSR count). The van der Waals surface area contributed by atoms with Crippen LogP contribution >= 0.6 is 0 Å². The lowest BCUT2D eigenvalue weighted by molar-refractivity contribution is -0.123. The van der Waals surface area contributed by atoms with Gasteiger partial charge in [-0.3, -0.25) is 0 Å². The van der Waals surface area contributed by atoms with Crippen molar-refractivity contribution in [1.82, 2.24) is 0 Å². The van der Waals surface area contributed by atoms with Gasteiger partial charge in [0.15, 0.2) is 0 Å². The summed E-state index contributed by atoms with van der Waals surface area (Å²) in [6, 6.07) is 0. The largest absolute Gasteiger partial charge is 0.367 e. The number of halogens is 2. The fraction of sp³-hybridized carbons (Fsp3) is 1.00. The highest BCUT2D eigenvalue weighted by Crippen LogP contribution is 2.17. The Morgan fingerprint density at radius 2 is 1.73 bits per heavy atom. The highest BCUT2D eigenvalue weighted by atomic mass is 19.3. The Bertz CT molecular complexity index is 107. The summed E-state index contributed by atoms with van der Waals surface area (Å²) in [4.78, 5) is 0. The van der Waals surface area contributed by atoms with Crippen molar-refractivity contribution in [2.24, 2.45) is 0 Å². The average molecular weight is 166 g/mol. The average Bonchev–Trinajstić information content (AvgIpc) is 1.80. The Labute approximate surface area is 66.7 Å². The van der Waals surface area contributed by atoms with E-state index < -0.39 is 18.1 Å². The summed E-state index contributed by atoms with van der Waals surface area (Å²) in [5.74, 6) is 0. The van der Waals surface area contributed by atoms with Gasteiger partial charge in [-0.2, -0.15) is 0 Å². The first kappa shape index (κ1) is 10.8. The van der Waals surface area contributed by atoms with Gasteiger partial charge in [0.1, 0.15) is 6.10 Å². The van der Waals surface area contributed by atoms with Gasteiger partial charge >= 0.3 is 0 Å². The molecule has 1 unspecified atom stereocenters. The molecule has 1 atom stereocenters. The SMILES string of the molecule is CCC(OC(C)(C)C)C(F)F. The Hall–Kier alpha value is -0.180. The Balaban J connectivity index is 3.88. The number of rotatable bonds is 3. The molecule has 0 saturated heterocycles. The van der Waals surface area contributed by atoms with Gasteiger partial charge in [0, 0.05) is 0 Å². The van der Waals surface area contributed by atoms with Crippen LogP contribution < -0.4 is 0 Å². The van der Waals surface area contributed by atoms with Gasteiger partial charge in [-0.1, -0.05) is 6.92 Å². The first-order chi connectivity index (χ1) is 4.87. The predicted octanol–water partition coefficient (Wildman–Crippen LogP) is 2.85. The molecule has 0 bridgehead atoms. The zero-order valence-corrected chi connectivity index (χ0v) is 7.53. The molecule has 0 aliphatic heterocycles. The summed E-state index contributed by atoms with van der Waals surface area (Å²) in [5, 5.41) is 0. The molecule has 3 heteroatoms. The van der Waals surface area contributed by atoms with Gasteiger partial charge in [-0.25, -0.2) is 8.78 Å². The normalized spacial score (nSPS) is 15.5. The molecule has 0 N–H and O–H groups in total. The molecule has 68 valence electrons. The minimum atomic E-state index is -2.38. The highest BCUT2D eigenvalue weighted by Gasteiger charge is 2.24. The lowest BCUT2D eigenvalue weighted by Gasteiger charge is -2.26. The van der Waals surface area contributed by atoms with E-state index in [-0.39, 0.29) is 0 Å². The molecular formula is C8H16F2O. The molecule has 11 heavy (non-hydrogen) atoms. The summed E-state index contributed by atoms with van der Waals surface area (Å²) >= 11 is 0. The van der Waals surface area contributed by atoms with E-state index in [4.69, 9.17) is 4.74 Å². The van der Waals surface area contributed by atoms with Gasteiger partial charge in [-0.05, 0) is 27.2 Å². The van der Waals surface area contributed by atoms with Gasteiger partial charge < -0.3 is 4.74 Å². The van der Waals surface area contributed by atoms with E-state index in [2.05, 4.69) is 0 Å². The second-order valence-corrected chi connectivity index (χ2v) is 3.51. The minimum Gasteiger partial charge on any atom is -0.367 e. The molecule has 0 amide bonds. The van der Waals surface area contributed by atoms with Crippen LogP contribution in [0, 0.1) is 0 Å². The van der Waals surface area contributed by atoms with Crippen LogP contribution in [0.5, 0.6) is 0 Å². The van der Waals surface area contributed by atoms with Crippen LogP contribution in [0.3, 0.4) is 0 Å². The summed E-state index contributed by atoms with van der Waals surface area (Å²) < 4.78 is 29.3. The quantitative estimate of drug-likeness (QED) is 0.626. The van der Waals surface area contributed by atoms with Crippen molar-refractivity contribution in [2.45, 2.75) is 52.2 Å². The first-order valence-corrected chi connectivity index (χ1v) is 3.82. The third-order valence-electron chi connectivity index (χ3n) is 1.19. The van der Waals surface area contributed by atoms with E-state index in [1.165, 1.54) is 0 Å². The fourth-order valence-electron chi connectivity index (χ4n) is 0.767. The molecule has 0 heterocycles. The fourth-order valence-corrected chi connectivity index (χ4v) is 0.767. The maximum Gasteiger partial charge on any atom is 0.264 e. The summed E-state index contributed by atoms with van der Waals surface area (Å²) in [5.41, 5.74) is -0.475. The number of alkyl halides is 2. The highest BCUT2D eigenvalue weighted by molar-refractivity contribution is 4.66. The van der Waals surface area contributed by atoms with Crippen molar-refractivity contribution in [3.63, 3.8) is 0 Å². The maximum atomic E-state index is 12.1. The van der Waals surface area contributed by atoms with Gasteiger partial charge in [-0.15, -0.1) is 0 Å². The smallest absolute Gasteiger partial charge is 0.264 e. The third kappa shape index (κ3) is 5.13. The van der Waals surface area contributed by atoms with E-state index >= 15 is 0 Å². The van der Waals surface area contributed by atoms with Gasteiger partial charge in [0.25, 0.3) is 6.43 Å². The lowest BCUT2D eigenvalue weighted by atomic mass is 10.1. The zero-order chi connectivity index (χ0) is 9.07. The number of hydrogen-bond acceptors (Lipinski definition) is 1. The molecule has 0 radical (unpaired) electrons. The monoisotopic (exact) mass is 166 g/mol. The Morgan fingerprint density at radius 1 is 1.27 bits per heavy atom. The van der Waals surface area contributed by atoms with Crippen LogP contribution in [0.15, 0.2) is 0 Å². The summed E-state index contributed by atoms with van der Waals surface area (Å²) in [7, 11) is 0. The molecule has 0 aromatic heterocycles. The maximum absolute atomic E-state index is 12.1. The molecule has 0 aromatic carbocycles. The van der Waals surface area contributed by atoms with E-state index in [0.717, 1.165) is 0 Å². The van der Waals surface area contributed by atoms with Crippen LogP contribution in [-0.4, -0.2) is 18.1 Å². The van der Waals surface area contributed by atoms with Crippen molar-refractivity contribution in [3.05, 3.63) is 0 Å². The van der Waals surface area contributed by atoms with Crippen molar-refractivity contribution in [2.75, 3.05) is 0 Å². The number of ether oxygens (including phenoxy) is 1. The summed E-state index contributed by atoms with van der Waals surface area (Å²) in [6.45, 7) is 7.02. The molecule has 0 aromatic rings. The van der Waals surface area contributed by atoms with E-state index in [0.29, 0.717) is 6.42 Å². The zero-order valence-electron chi connectivity index (χ0n) is 7.53. The van der Waals surface area contributed by atoms with E-state index in [9.17, 15) is 8.78 Å². The lowest BCUT2D eigenvalue weighted by Crippen LogP contribution is -2.31. The summed E-state index contributed by atoms with van der Waals surface area (Å²) in [6.07, 6.45) is -2.94. The van der Waals surface area contributed by atoms with E-state index in [1.54, 1.807) is 27.7 Å². The van der Waals surface area contributed by atoms with Gasteiger partial charge in [0.2, 0.25) is 0 Å². The van der Waals surface area contributed by atoms with Gasteiger partial charge in [0.05, 0.1) is 5.60 Å². The van der Waals surface area contributed by atoms with Crippen molar-refractivity contribution < 1.29 is 13.5 Å². The predicted molar refractivity (Wildman–Crippen MR) is 40.9 cm³/mol. The van der Waals surface area contributed by atoms with Crippen LogP contribution in [-0.2, 0) is 4.74 Å². The van der Waals surface area contributed by atoms with Crippen LogP contribution in [0.2, 0.25) is 0 Å². The number of hydrogen-bond donors (Lipinski definition) is 0. The molecule has 0 saturated carbocycles. The van der Waals surface area contributed by atoms with Crippen molar-refractivity contribution in [3.8, 4) is 0 Å². The molecule has 0 spiro atoms. The van der Waals surface area contributed by atoms with Crippen molar-refractivity contribution >= 4 is 0 Å². The molecular weight excluding hydrogens is 150 g/mol. The minimum absolute atomic E-state index is 0.356. The molecule has 0 fully saturated rings. The molecule has 0 aliphatic rings. The van der Waals surface area contributed by atoms with Crippen LogP contribution in [0.4, 0.5) is 8.78 Å². The second kappa shape index (κ2) is 4.00. The van der Waals surface area contributed by atoms with Crippen molar-refractivity contribution in [1.29, 1.82) is 0 Å². The van der Waals surface area contributed by atoms with Crippen LogP contribution in [0.1, 0.15) is 34.1 Å². The third-order valence-corrected chi connectivity index (χ3v) is 1.19. The standard InChI is InChI=1S/C8H16F2O/c1-5-6(7(9)10)11-8(2,3)4/h6-7H,5H2,1-4H3. The molecule has 1 nitrogen and oxygen atoms in total. The van der Waals surface area contributed by atoms with E-state index in [1.807, 2.05) is 0 Å². The Kier molecular flexibility index (Phi) is 3.93. The Morgan fingerprint density at radius 3 is 1.82 bits per heavy atom. The van der Waals surface area contributed by atoms with Crippen LogP contribution in [0.25, 0.3) is 0 Å². The topological polar surface area (TPSA) is 9.23 Å². The molecule has 0 aliphatic carbocycles. The second-order valence-electron chi connectivity index (χ2n) is 3.51. The first-order valence-electron chi connectivity index (χ1n) is 3.82.